The topological polar surface area (TPSA) is 93.7 Å². The monoisotopic (exact) mass is 318 g/mol. The van der Waals surface area contributed by atoms with Crippen LogP contribution in [0.15, 0.2) is 24.3 Å². The van der Waals surface area contributed by atoms with Crippen LogP contribution in [0.5, 0.6) is 11.5 Å². The van der Waals surface area contributed by atoms with Crippen molar-refractivity contribution in [1.29, 1.82) is 0 Å². The quantitative estimate of drug-likeness (QED) is 0.879. The lowest BCUT2D eigenvalue weighted by Crippen LogP contribution is -2.26. The molecule has 1 saturated heterocycles. The molecule has 122 valence electrons. The Morgan fingerprint density at radius 3 is 2.74 bits per heavy atom. The number of aromatic carboxylic acids is 1. The predicted octanol–water partition coefficient (Wildman–Crippen LogP) is 2.34. The number of hydrogen-bond donors (Lipinski definition) is 2. The second kappa shape index (κ2) is 6.70. The third-order valence-electron chi connectivity index (χ3n) is 3.73. The molecule has 0 spiro atoms. The maximum Gasteiger partial charge on any atom is 0.353 e. The van der Waals surface area contributed by atoms with Crippen LogP contribution < -0.4 is 9.47 Å². The summed E-state index contributed by atoms with van der Waals surface area (Å²) in [4.78, 5) is 10.9. The molecule has 0 saturated carbocycles. The van der Waals surface area contributed by atoms with Gasteiger partial charge in [0.2, 0.25) is 0 Å². The average Bonchev–Trinajstić information content (AvgIpc) is 3.06. The Bertz CT molecular complexity index is 692. The van der Waals surface area contributed by atoms with Crippen molar-refractivity contribution in [2.75, 3.05) is 20.3 Å². The number of carbonyl (C=O) groups is 1. The molecule has 2 aromatic rings. The SMILES string of the molecule is COc1cc(-c2cc(C(=O)O)[nH]n2)ccc1OC1CCOCC1. The third-order valence-corrected chi connectivity index (χ3v) is 3.73. The second-order valence-electron chi connectivity index (χ2n) is 5.27. The van der Waals surface area contributed by atoms with E-state index >= 15 is 0 Å². The van der Waals surface area contributed by atoms with Gasteiger partial charge in [-0.05, 0) is 24.3 Å². The number of rotatable bonds is 5. The van der Waals surface area contributed by atoms with E-state index in [4.69, 9.17) is 19.3 Å². The molecule has 0 aliphatic carbocycles. The number of carboxylic acids is 1. The van der Waals surface area contributed by atoms with E-state index in [0.717, 1.165) is 18.4 Å². The molecule has 23 heavy (non-hydrogen) atoms. The number of aromatic amines is 1. The molecule has 0 radical (unpaired) electrons. The minimum absolute atomic E-state index is 0.0431. The van der Waals surface area contributed by atoms with Crippen molar-refractivity contribution in [3.05, 3.63) is 30.0 Å². The highest BCUT2D eigenvalue weighted by molar-refractivity contribution is 5.86. The fourth-order valence-corrected chi connectivity index (χ4v) is 2.48. The fraction of sp³-hybridized carbons (Fsp3) is 0.375. The Kier molecular flexibility index (Phi) is 4.47. The zero-order valence-electron chi connectivity index (χ0n) is 12.7. The van der Waals surface area contributed by atoms with E-state index in [1.54, 1.807) is 13.2 Å². The Morgan fingerprint density at radius 2 is 2.09 bits per heavy atom. The van der Waals surface area contributed by atoms with Gasteiger partial charge in [-0.1, -0.05) is 0 Å². The van der Waals surface area contributed by atoms with Crippen LogP contribution in [0.4, 0.5) is 0 Å². The summed E-state index contributed by atoms with van der Waals surface area (Å²) in [7, 11) is 1.57. The molecule has 3 rings (SSSR count). The Balaban J connectivity index is 1.82. The Labute approximate surface area is 133 Å². The van der Waals surface area contributed by atoms with Crippen LogP contribution in [0.1, 0.15) is 23.3 Å². The number of methoxy groups -OCH3 is 1. The van der Waals surface area contributed by atoms with Gasteiger partial charge in [0.25, 0.3) is 0 Å². The molecule has 1 aliphatic rings. The normalized spacial score (nSPS) is 15.3. The van der Waals surface area contributed by atoms with Crippen LogP contribution in [-0.4, -0.2) is 47.7 Å². The van der Waals surface area contributed by atoms with E-state index < -0.39 is 5.97 Å². The molecule has 7 nitrogen and oxygen atoms in total. The highest BCUT2D eigenvalue weighted by Crippen LogP contribution is 2.33. The van der Waals surface area contributed by atoms with Gasteiger partial charge in [0, 0.05) is 18.4 Å². The number of hydrogen-bond acceptors (Lipinski definition) is 5. The number of aromatic nitrogens is 2. The zero-order chi connectivity index (χ0) is 16.2. The van der Waals surface area contributed by atoms with Crippen LogP contribution in [0.25, 0.3) is 11.3 Å². The summed E-state index contributed by atoms with van der Waals surface area (Å²) in [5.41, 5.74) is 1.34. The molecule has 1 fully saturated rings. The second-order valence-corrected chi connectivity index (χ2v) is 5.27. The molecular formula is C16H18N2O5. The molecule has 2 N–H and O–H groups in total. The summed E-state index contributed by atoms with van der Waals surface area (Å²) >= 11 is 0. The van der Waals surface area contributed by atoms with Crippen LogP contribution in [0.3, 0.4) is 0 Å². The summed E-state index contributed by atoms with van der Waals surface area (Å²) in [5, 5.41) is 15.4. The molecule has 1 aromatic heterocycles. The van der Waals surface area contributed by atoms with Crippen molar-refractivity contribution in [3.63, 3.8) is 0 Å². The molecule has 7 heteroatoms. The van der Waals surface area contributed by atoms with Crippen LogP contribution >= 0.6 is 0 Å². The standard InChI is InChI=1S/C16H18N2O5/c1-21-15-8-10(12-9-13(16(19)20)18-17-12)2-3-14(15)23-11-4-6-22-7-5-11/h2-3,8-9,11H,4-7H2,1H3,(H,17,18)(H,19,20). The highest BCUT2D eigenvalue weighted by Gasteiger charge is 2.18. The summed E-state index contributed by atoms with van der Waals surface area (Å²) in [6.45, 7) is 1.41. The first-order valence-corrected chi connectivity index (χ1v) is 7.39. The Morgan fingerprint density at radius 1 is 1.30 bits per heavy atom. The van der Waals surface area contributed by atoms with Gasteiger partial charge in [-0.25, -0.2) is 4.79 Å². The average molecular weight is 318 g/mol. The third kappa shape index (κ3) is 3.45. The molecule has 0 atom stereocenters. The number of ether oxygens (including phenoxy) is 3. The van der Waals surface area contributed by atoms with Crippen molar-refractivity contribution in [3.8, 4) is 22.8 Å². The molecular weight excluding hydrogens is 300 g/mol. The van der Waals surface area contributed by atoms with Crippen molar-refractivity contribution >= 4 is 5.97 Å². The van der Waals surface area contributed by atoms with Crippen molar-refractivity contribution in [1.82, 2.24) is 10.2 Å². The number of carboxylic acid groups (broad SMARTS) is 1. The number of H-pyrrole nitrogens is 1. The van der Waals surface area contributed by atoms with Gasteiger partial charge >= 0.3 is 5.97 Å². The molecule has 0 amide bonds. The van der Waals surface area contributed by atoms with Gasteiger partial charge in [0.05, 0.1) is 26.0 Å². The molecule has 0 bridgehead atoms. The minimum Gasteiger partial charge on any atom is -0.493 e. The minimum atomic E-state index is -1.05. The van der Waals surface area contributed by atoms with Gasteiger partial charge < -0.3 is 19.3 Å². The summed E-state index contributed by atoms with van der Waals surface area (Å²) in [6.07, 6.45) is 1.82. The lowest BCUT2D eigenvalue weighted by Gasteiger charge is -2.24. The van der Waals surface area contributed by atoms with E-state index in [9.17, 15) is 4.79 Å². The van der Waals surface area contributed by atoms with Crippen molar-refractivity contribution in [2.24, 2.45) is 0 Å². The lowest BCUT2D eigenvalue weighted by molar-refractivity contribution is 0.0245. The van der Waals surface area contributed by atoms with Crippen LogP contribution in [-0.2, 0) is 4.74 Å². The highest BCUT2D eigenvalue weighted by atomic mass is 16.5. The van der Waals surface area contributed by atoms with Crippen LogP contribution in [0.2, 0.25) is 0 Å². The first kappa shape index (κ1) is 15.4. The van der Waals surface area contributed by atoms with Crippen molar-refractivity contribution in [2.45, 2.75) is 18.9 Å². The van der Waals surface area contributed by atoms with Gasteiger partial charge in [-0.2, -0.15) is 5.10 Å². The predicted molar refractivity (Wildman–Crippen MR) is 82.0 cm³/mol. The maximum atomic E-state index is 10.9. The summed E-state index contributed by atoms with van der Waals surface area (Å²) in [6, 6.07) is 6.92. The van der Waals surface area contributed by atoms with Crippen molar-refractivity contribution < 1.29 is 24.1 Å². The van der Waals surface area contributed by atoms with E-state index in [2.05, 4.69) is 10.2 Å². The number of nitrogens with zero attached hydrogens (tertiary/aromatic N) is 1. The Hall–Kier alpha value is -2.54. The molecule has 2 heterocycles. The first-order valence-electron chi connectivity index (χ1n) is 7.39. The first-order chi connectivity index (χ1) is 11.2. The van der Waals surface area contributed by atoms with Gasteiger partial charge in [-0.15, -0.1) is 0 Å². The smallest absolute Gasteiger partial charge is 0.353 e. The van der Waals surface area contributed by atoms with Crippen LogP contribution in [0, 0.1) is 0 Å². The number of benzene rings is 1. The van der Waals surface area contributed by atoms with E-state index in [-0.39, 0.29) is 11.8 Å². The van der Waals surface area contributed by atoms with Gasteiger partial charge in [0.1, 0.15) is 11.8 Å². The fourth-order valence-electron chi connectivity index (χ4n) is 2.48. The molecule has 0 unspecified atom stereocenters. The number of nitrogens with one attached hydrogen (secondary N) is 1. The van der Waals surface area contributed by atoms with E-state index in [0.29, 0.717) is 30.4 Å². The van der Waals surface area contributed by atoms with E-state index in [1.807, 2.05) is 12.1 Å². The maximum absolute atomic E-state index is 10.9. The zero-order valence-corrected chi connectivity index (χ0v) is 12.7. The van der Waals surface area contributed by atoms with Gasteiger partial charge in [0.15, 0.2) is 11.5 Å². The largest absolute Gasteiger partial charge is 0.493 e. The summed E-state index contributed by atoms with van der Waals surface area (Å²) in [5.74, 6) is 0.209. The molecule has 1 aromatic carbocycles. The van der Waals surface area contributed by atoms with Gasteiger partial charge in [-0.3, -0.25) is 5.10 Å². The summed E-state index contributed by atoms with van der Waals surface area (Å²) < 4.78 is 16.7. The van der Waals surface area contributed by atoms with E-state index in [1.165, 1.54) is 6.07 Å². The molecule has 1 aliphatic heterocycles. The lowest BCUT2D eigenvalue weighted by atomic mass is 10.1.